The fourth-order valence-electron chi connectivity index (χ4n) is 1.44. The van der Waals surface area contributed by atoms with E-state index in [0.717, 1.165) is 6.54 Å². The Kier molecular flexibility index (Phi) is 8.97. The maximum atomic E-state index is 9.77. The van der Waals surface area contributed by atoms with Crippen LogP contribution in [0.25, 0.3) is 0 Å². The molecule has 0 aliphatic carbocycles. The van der Waals surface area contributed by atoms with Crippen LogP contribution in [-0.2, 0) is 16.1 Å². The average Bonchev–Trinajstić information content (AvgIpc) is 2.52. The van der Waals surface area contributed by atoms with Gasteiger partial charge in [0.2, 0.25) is 0 Å². The van der Waals surface area contributed by atoms with E-state index in [1.165, 1.54) is 5.56 Å². The molecule has 0 radical (unpaired) electrons. The maximum Gasteiger partial charge on any atom is 0.335 e. The molecule has 23 heavy (non-hydrogen) atoms. The smallest absolute Gasteiger partial charge is 0.335 e. The van der Waals surface area contributed by atoms with Crippen molar-refractivity contribution in [3.8, 4) is 0 Å². The molecule has 128 valence electrons. The lowest BCUT2D eigenvalue weighted by Gasteiger charge is -2.20. The minimum atomic E-state index is -2.27. The zero-order chi connectivity index (χ0) is 18.0. The highest BCUT2D eigenvalue weighted by Crippen LogP contribution is 2.02. The number of nitrogens with one attached hydrogen (secondary N) is 1. The monoisotopic (exact) mass is 327 g/mol. The van der Waals surface area contributed by atoms with E-state index in [-0.39, 0.29) is 5.96 Å². The number of carboxylic acids is 2. The fourth-order valence-corrected chi connectivity index (χ4v) is 1.44. The van der Waals surface area contributed by atoms with Crippen molar-refractivity contribution in [3.05, 3.63) is 35.9 Å². The number of guanidine groups is 1. The number of aliphatic carboxylic acids is 2. The summed E-state index contributed by atoms with van der Waals surface area (Å²) in [5.74, 6) is -3.41. The Hall–Kier alpha value is -2.65. The maximum absolute atomic E-state index is 9.77. The Morgan fingerprint density at radius 2 is 1.57 bits per heavy atom. The van der Waals surface area contributed by atoms with Crippen LogP contribution in [0.5, 0.6) is 0 Å². The predicted octanol–water partition coefficient (Wildman–Crippen LogP) is -0.721. The third-order valence-electron chi connectivity index (χ3n) is 2.74. The normalized spacial score (nSPS) is 12.3. The van der Waals surface area contributed by atoms with Crippen LogP contribution in [0.3, 0.4) is 0 Å². The third kappa shape index (κ3) is 7.79. The van der Waals surface area contributed by atoms with Gasteiger partial charge in [-0.3, -0.25) is 5.41 Å². The van der Waals surface area contributed by atoms with Gasteiger partial charge in [-0.2, -0.15) is 0 Å². The van der Waals surface area contributed by atoms with Gasteiger partial charge in [0.05, 0.1) is 0 Å². The van der Waals surface area contributed by atoms with Gasteiger partial charge in [-0.1, -0.05) is 30.3 Å². The van der Waals surface area contributed by atoms with E-state index in [0.29, 0.717) is 6.54 Å². The molecule has 0 aliphatic heterocycles. The second-order valence-electron chi connectivity index (χ2n) is 4.45. The van der Waals surface area contributed by atoms with Gasteiger partial charge in [-0.15, -0.1) is 0 Å². The van der Waals surface area contributed by atoms with E-state index in [2.05, 4.69) is 0 Å². The molecule has 1 aromatic rings. The molecular weight excluding hydrogens is 306 g/mol. The van der Waals surface area contributed by atoms with Gasteiger partial charge in [0.25, 0.3) is 0 Å². The third-order valence-corrected chi connectivity index (χ3v) is 2.74. The van der Waals surface area contributed by atoms with Crippen molar-refractivity contribution in [2.75, 3.05) is 6.54 Å². The Balaban J connectivity index is 0.000000438. The standard InChI is InChI=1S/C10H15N3.C4H6O6/c1-2-13(10(11)12)8-9-6-4-3-5-7-9;5-1(3(7)8)2(6)4(9)10/h3-7H,2,8H2,1H3,(H3,11,12);1-2,5-6H,(H,7,8)(H,9,10)/t;1-,2-/m.1/s1. The van der Waals surface area contributed by atoms with Crippen LogP contribution in [0.2, 0.25) is 0 Å². The number of nitrogens with two attached hydrogens (primary N) is 1. The molecule has 0 unspecified atom stereocenters. The predicted molar refractivity (Wildman–Crippen MR) is 81.7 cm³/mol. The number of carboxylic acid groups (broad SMARTS) is 2. The molecule has 0 amide bonds. The van der Waals surface area contributed by atoms with Crippen molar-refractivity contribution >= 4 is 17.9 Å². The number of rotatable bonds is 6. The lowest BCUT2D eigenvalue weighted by atomic mass is 10.2. The number of aliphatic hydroxyl groups excluding tert-OH is 2. The Bertz CT molecular complexity index is 505. The first-order valence-corrected chi connectivity index (χ1v) is 6.65. The first-order chi connectivity index (χ1) is 10.7. The topological polar surface area (TPSA) is 168 Å². The molecule has 0 fully saturated rings. The fraction of sp³-hybridized carbons (Fsp3) is 0.357. The van der Waals surface area contributed by atoms with Crippen LogP contribution in [0.1, 0.15) is 12.5 Å². The second-order valence-corrected chi connectivity index (χ2v) is 4.45. The van der Waals surface area contributed by atoms with E-state index in [1.807, 2.05) is 42.2 Å². The highest BCUT2D eigenvalue weighted by Gasteiger charge is 2.29. The first kappa shape index (κ1) is 20.3. The molecule has 9 heteroatoms. The van der Waals surface area contributed by atoms with Crippen LogP contribution in [0, 0.1) is 5.41 Å². The molecule has 0 saturated carbocycles. The highest BCUT2D eigenvalue weighted by atomic mass is 16.4. The zero-order valence-corrected chi connectivity index (χ0v) is 12.6. The summed E-state index contributed by atoms with van der Waals surface area (Å²) in [6.45, 7) is 3.47. The van der Waals surface area contributed by atoms with E-state index >= 15 is 0 Å². The Morgan fingerprint density at radius 1 is 1.13 bits per heavy atom. The van der Waals surface area contributed by atoms with Crippen molar-refractivity contribution in [3.63, 3.8) is 0 Å². The number of carbonyl (C=O) groups is 2. The minimum absolute atomic E-state index is 0.131. The number of hydrogen-bond donors (Lipinski definition) is 6. The van der Waals surface area contributed by atoms with Crippen LogP contribution in [0.4, 0.5) is 0 Å². The van der Waals surface area contributed by atoms with Crippen molar-refractivity contribution in [1.82, 2.24) is 4.90 Å². The zero-order valence-electron chi connectivity index (χ0n) is 12.6. The summed E-state index contributed by atoms with van der Waals surface area (Å²) in [5, 5.41) is 39.8. The molecule has 7 N–H and O–H groups in total. The van der Waals surface area contributed by atoms with Crippen LogP contribution in [-0.4, -0.2) is 62.0 Å². The molecule has 0 aromatic heterocycles. The van der Waals surface area contributed by atoms with Gasteiger partial charge in [0, 0.05) is 13.1 Å². The van der Waals surface area contributed by atoms with E-state index in [9.17, 15) is 9.59 Å². The summed E-state index contributed by atoms with van der Waals surface area (Å²) in [6, 6.07) is 10.0. The van der Waals surface area contributed by atoms with Gasteiger partial charge in [-0.05, 0) is 12.5 Å². The largest absolute Gasteiger partial charge is 0.479 e. The Labute approximate surface area is 133 Å². The van der Waals surface area contributed by atoms with Crippen LogP contribution >= 0.6 is 0 Å². The van der Waals surface area contributed by atoms with Crippen LogP contribution in [0.15, 0.2) is 30.3 Å². The molecule has 9 nitrogen and oxygen atoms in total. The van der Waals surface area contributed by atoms with Crippen molar-refractivity contribution in [1.29, 1.82) is 5.41 Å². The average molecular weight is 327 g/mol. The van der Waals surface area contributed by atoms with Gasteiger partial charge >= 0.3 is 11.9 Å². The van der Waals surface area contributed by atoms with Gasteiger partial charge in [0.1, 0.15) is 0 Å². The molecule has 1 aromatic carbocycles. The van der Waals surface area contributed by atoms with Gasteiger partial charge < -0.3 is 31.1 Å². The number of benzene rings is 1. The lowest BCUT2D eigenvalue weighted by Crippen LogP contribution is -2.39. The summed E-state index contributed by atoms with van der Waals surface area (Å²) < 4.78 is 0. The Morgan fingerprint density at radius 3 is 1.87 bits per heavy atom. The van der Waals surface area contributed by atoms with E-state index < -0.39 is 24.1 Å². The summed E-state index contributed by atoms with van der Waals surface area (Å²) in [5.41, 5.74) is 6.58. The van der Waals surface area contributed by atoms with Crippen LogP contribution < -0.4 is 5.73 Å². The van der Waals surface area contributed by atoms with E-state index in [4.69, 9.17) is 31.6 Å². The molecule has 0 heterocycles. The first-order valence-electron chi connectivity index (χ1n) is 6.65. The minimum Gasteiger partial charge on any atom is -0.479 e. The molecule has 0 bridgehead atoms. The highest BCUT2D eigenvalue weighted by molar-refractivity contribution is 5.83. The quantitative estimate of drug-likeness (QED) is 0.294. The van der Waals surface area contributed by atoms with Gasteiger partial charge in [0.15, 0.2) is 18.2 Å². The molecule has 0 saturated heterocycles. The second kappa shape index (κ2) is 10.1. The van der Waals surface area contributed by atoms with E-state index in [1.54, 1.807) is 0 Å². The lowest BCUT2D eigenvalue weighted by molar-refractivity contribution is -0.165. The number of hydrogen-bond acceptors (Lipinski definition) is 5. The summed E-state index contributed by atoms with van der Waals surface area (Å²) in [4.78, 5) is 21.4. The SMILES string of the molecule is CCN(Cc1ccccc1)C(=N)N.O=C(O)[C@H](O)[C@@H](O)C(=O)O. The summed E-state index contributed by atoms with van der Waals surface area (Å²) >= 11 is 0. The summed E-state index contributed by atoms with van der Waals surface area (Å²) in [6.07, 6.45) is -4.53. The molecular formula is C14H21N3O6. The number of aliphatic hydroxyl groups is 2. The van der Waals surface area contributed by atoms with Gasteiger partial charge in [-0.25, -0.2) is 9.59 Å². The molecule has 1 rings (SSSR count). The summed E-state index contributed by atoms with van der Waals surface area (Å²) in [7, 11) is 0. The molecule has 0 spiro atoms. The van der Waals surface area contributed by atoms with Crippen molar-refractivity contribution < 1.29 is 30.0 Å². The molecule has 2 atom stereocenters. The van der Waals surface area contributed by atoms with Crippen molar-refractivity contribution in [2.45, 2.75) is 25.7 Å². The number of nitrogens with zero attached hydrogens (tertiary/aromatic N) is 1. The van der Waals surface area contributed by atoms with Crippen molar-refractivity contribution in [2.24, 2.45) is 5.73 Å². The molecule has 0 aliphatic rings.